The Balaban J connectivity index is 1.43. The van der Waals surface area contributed by atoms with Gasteiger partial charge in [0.15, 0.2) is 16.8 Å². The minimum absolute atomic E-state index is 0.0898. The van der Waals surface area contributed by atoms with E-state index in [1.807, 2.05) is 48.1 Å². The number of anilines is 1. The van der Waals surface area contributed by atoms with Crippen LogP contribution in [-0.2, 0) is 24.7 Å². The highest BCUT2D eigenvalue weighted by Gasteiger charge is 2.19. The number of hydrogen-bond acceptors (Lipinski definition) is 7. The normalized spacial score (nSPS) is 11.0. The molecule has 4 rings (SSSR count). The van der Waals surface area contributed by atoms with Crippen LogP contribution in [0.4, 0.5) is 5.13 Å². The summed E-state index contributed by atoms with van der Waals surface area (Å²) < 4.78 is 7.17. The molecule has 9 heteroatoms. The largest absolute Gasteiger partial charge is 0.339 e. The van der Waals surface area contributed by atoms with Crippen molar-refractivity contribution in [1.82, 2.24) is 24.7 Å². The Kier molecular flexibility index (Phi) is 6.51. The summed E-state index contributed by atoms with van der Waals surface area (Å²) >= 11 is 1.43. The van der Waals surface area contributed by atoms with E-state index >= 15 is 0 Å². The number of rotatable bonds is 9. The zero-order valence-corrected chi connectivity index (χ0v) is 18.4. The number of thiazole rings is 1. The lowest BCUT2D eigenvalue weighted by atomic mass is 10.1. The van der Waals surface area contributed by atoms with Crippen molar-refractivity contribution in [1.29, 1.82) is 0 Å². The first kappa shape index (κ1) is 20.9. The third-order valence-corrected chi connectivity index (χ3v) is 5.69. The van der Waals surface area contributed by atoms with Gasteiger partial charge in [0.2, 0.25) is 11.8 Å². The maximum atomic E-state index is 12.5. The highest BCUT2D eigenvalue weighted by molar-refractivity contribution is 7.19. The van der Waals surface area contributed by atoms with Crippen LogP contribution in [0.2, 0.25) is 0 Å². The first-order valence-electron chi connectivity index (χ1n) is 10.3. The van der Waals surface area contributed by atoms with Gasteiger partial charge in [0.1, 0.15) is 0 Å². The monoisotopic (exact) mass is 436 g/mol. The average molecular weight is 437 g/mol. The molecule has 0 fully saturated rings. The zero-order chi connectivity index (χ0) is 21.6. The minimum Gasteiger partial charge on any atom is -0.339 e. The maximum absolute atomic E-state index is 12.5. The van der Waals surface area contributed by atoms with E-state index in [-0.39, 0.29) is 5.91 Å². The van der Waals surface area contributed by atoms with Crippen LogP contribution in [0, 0.1) is 0 Å². The van der Waals surface area contributed by atoms with Crippen LogP contribution in [-0.4, -0.2) is 30.6 Å². The fourth-order valence-electron chi connectivity index (χ4n) is 3.20. The number of benzene rings is 1. The molecule has 1 N–H and O–H groups in total. The lowest BCUT2D eigenvalue weighted by Crippen LogP contribution is -2.11. The van der Waals surface area contributed by atoms with Gasteiger partial charge in [-0.3, -0.25) is 4.79 Å². The van der Waals surface area contributed by atoms with Crippen LogP contribution in [0.5, 0.6) is 0 Å². The standard InChI is InChI=1S/C22H24N6O2S/c1-3-8-16-24-18(30-27-16)12-7-11-17(29)25-22-26-19(15-9-5-4-6-10-15)20(31-22)21-23-13-14-28(21)2/h4-6,9-10,13-14H,3,7-8,11-12H2,1-2H3,(H,25,26,29). The quantitative estimate of drug-likeness (QED) is 0.414. The van der Waals surface area contributed by atoms with E-state index in [1.54, 1.807) is 6.20 Å². The van der Waals surface area contributed by atoms with Gasteiger partial charge in [-0.05, 0) is 12.8 Å². The van der Waals surface area contributed by atoms with Crippen molar-refractivity contribution >= 4 is 22.4 Å². The first-order chi connectivity index (χ1) is 15.1. The smallest absolute Gasteiger partial charge is 0.226 e. The van der Waals surface area contributed by atoms with Crippen molar-refractivity contribution in [3.05, 3.63) is 54.4 Å². The number of aromatic nitrogens is 5. The lowest BCUT2D eigenvalue weighted by molar-refractivity contribution is -0.116. The SMILES string of the molecule is CCCc1noc(CCCC(=O)Nc2nc(-c3ccccc3)c(-c3nccn3C)s2)n1. The molecule has 0 saturated carbocycles. The summed E-state index contributed by atoms with van der Waals surface area (Å²) in [5.41, 5.74) is 1.79. The molecule has 0 spiro atoms. The van der Waals surface area contributed by atoms with Crippen LogP contribution < -0.4 is 5.32 Å². The van der Waals surface area contributed by atoms with Gasteiger partial charge in [0.25, 0.3) is 0 Å². The first-order valence-corrected chi connectivity index (χ1v) is 11.1. The van der Waals surface area contributed by atoms with Gasteiger partial charge in [0.05, 0.1) is 10.6 Å². The molecule has 1 aromatic carbocycles. The molecule has 0 atom stereocenters. The molecule has 0 bridgehead atoms. The second-order valence-electron chi connectivity index (χ2n) is 7.18. The Morgan fingerprint density at radius 3 is 2.77 bits per heavy atom. The van der Waals surface area contributed by atoms with E-state index in [0.29, 0.717) is 30.3 Å². The second-order valence-corrected chi connectivity index (χ2v) is 8.18. The van der Waals surface area contributed by atoms with Crippen LogP contribution in [0.1, 0.15) is 37.9 Å². The minimum atomic E-state index is -0.0898. The van der Waals surface area contributed by atoms with Gasteiger partial charge >= 0.3 is 0 Å². The molecule has 8 nitrogen and oxygen atoms in total. The Morgan fingerprint density at radius 1 is 1.19 bits per heavy atom. The van der Waals surface area contributed by atoms with E-state index in [2.05, 4.69) is 27.4 Å². The van der Waals surface area contributed by atoms with Crippen LogP contribution in [0.25, 0.3) is 22.0 Å². The number of imidazole rings is 1. The molecular formula is C22H24N6O2S. The molecule has 3 heterocycles. The van der Waals surface area contributed by atoms with Crippen molar-refractivity contribution in [3.63, 3.8) is 0 Å². The number of aryl methyl sites for hydroxylation is 3. The number of hydrogen-bond donors (Lipinski definition) is 1. The number of carbonyl (C=O) groups excluding carboxylic acids is 1. The van der Waals surface area contributed by atoms with Crippen LogP contribution >= 0.6 is 11.3 Å². The summed E-state index contributed by atoms with van der Waals surface area (Å²) in [6.07, 6.45) is 6.98. The van der Waals surface area contributed by atoms with Crippen molar-refractivity contribution in [3.8, 4) is 22.0 Å². The summed E-state index contributed by atoms with van der Waals surface area (Å²) in [5, 5.41) is 7.43. The lowest BCUT2D eigenvalue weighted by Gasteiger charge is -2.02. The molecule has 4 aromatic rings. The molecule has 0 unspecified atom stereocenters. The van der Waals surface area contributed by atoms with Gasteiger partial charge in [-0.1, -0.05) is 53.7 Å². The van der Waals surface area contributed by atoms with Crippen molar-refractivity contribution in [2.75, 3.05) is 5.32 Å². The third-order valence-electron chi connectivity index (χ3n) is 4.72. The van der Waals surface area contributed by atoms with Crippen molar-refractivity contribution in [2.45, 2.75) is 39.0 Å². The molecule has 0 aliphatic carbocycles. The van der Waals surface area contributed by atoms with E-state index in [9.17, 15) is 4.79 Å². The topological polar surface area (TPSA) is 98.7 Å². The zero-order valence-electron chi connectivity index (χ0n) is 17.5. The number of nitrogens with one attached hydrogen (secondary N) is 1. The highest BCUT2D eigenvalue weighted by atomic mass is 32.1. The fourth-order valence-corrected chi connectivity index (χ4v) is 4.24. The molecule has 160 valence electrons. The van der Waals surface area contributed by atoms with Gasteiger partial charge in [-0.15, -0.1) is 0 Å². The molecule has 31 heavy (non-hydrogen) atoms. The summed E-state index contributed by atoms with van der Waals surface area (Å²) in [7, 11) is 1.94. The van der Waals surface area contributed by atoms with E-state index in [0.717, 1.165) is 40.6 Å². The van der Waals surface area contributed by atoms with Crippen molar-refractivity contribution in [2.24, 2.45) is 7.05 Å². The van der Waals surface area contributed by atoms with E-state index in [4.69, 9.17) is 9.51 Å². The van der Waals surface area contributed by atoms with Gasteiger partial charge < -0.3 is 14.4 Å². The summed E-state index contributed by atoms with van der Waals surface area (Å²) in [6.45, 7) is 2.07. The molecule has 0 aliphatic heterocycles. The Bertz CT molecular complexity index is 1150. The number of nitrogens with zero attached hydrogens (tertiary/aromatic N) is 5. The molecule has 1 amide bonds. The number of amides is 1. The second kappa shape index (κ2) is 9.65. The van der Waals surface area contributed by atoms with E-state index in [1.165, 1.54) is 11.3 Å². The Labute approximate surface area is 184 Å². The van der Waals surface area contributed by atoms with Crippen molar-refractivity contribution < 1.29 is 9.32 Å². The van der Waals surface area contributed by atoms with Gasteiger partial charge in [-0.2, -0.15) is 4.98 Å². The van der Waals surface area contributed by atoms with Crippen LogP contribution in [0.15, 0.2) is 47.2 Å². The summed E-state index contributed by atoms with van der Waals surface area (Å²) in [5.74, 6) is 2.03. The molecule has 0 aliphatic rings. The molecule has 0 radical (unpaired) electrons. The summed E-state index contributed by atoms with van der Waals surface area (Å²) in [6, 6.07) is 9.92. The maximum Gasteiger partial charge on any atom is 0.226 e. The Morgan fingerprint density at radius 2 is 2.03 bits per heavy atom. The molecule has 0 saturated heterocycles. The van der Waals surface area contributed by atoms with Gasteiger partial charge in [-0.25, -0.2) is 9.97 Å². The number of carbonyl (C=O) groups is 1. The fraction of sp³-hybridized carbons (Fsp3) is 0.318. The van der Waals surface area contributed by atoms with Gasteiger partial charge in [0, 0.05) is 44.3 Å². The average Bonchev–Trinajstić information content (AvgIpc) is 3.49. The predicted octanol–water partition coefficient (Wildman–Crippen LogP) is 4.51. The molecule has 3 aromatic heterocycles. The van der Waals surface area contributed by atoms with Crippen LogP contribution in [0.3, 0.4) is 0 Å². The molecular weight excluding hydrogens is 412 g/mol. The summed E-state index contributed by atoms with van der Waals surface area (Å²) in [4.78, 5) is 26.9. The third kappa shape index (κ3) is 5.05. The predicted molar refractivity (Wildman–Crippen MR) is 120 cm³/mol. The Hall–Kier alpha value is -3.33. The van der Waals surface area contributed by atoms with E-state index < -0.39 is 0 Å². The highest BCUT2D eigenvalue weighted by Crippen LogP contribution is 2.38.